The maximum absolute atomic E-state index is 13.3. The minimum Gasteiger partial charge on any atom is -0.387 e. The van der Waals surface area contributed by atoms with Crippen LogP contribution in [-0.2, 0) is 6.54 Å². The van der Waals surface area contributed by atoms with Crippen molar-refractivity contribution in [2.45, 2.75) is 26.0 Å². The molecule has 0 aliphatic carbocycles. The van der Waals surface area contributed by atoms with Crippen molar-refractivity contribution in [1.82, 2.24) is 15.0 Å². The number of aliphatic hydroxyl groups excluding tert-OH is 1. The van der Waals surface area contributed by atoms with Gasteiger partial charge in [-0.15, -0.1) is 5.10 Å². The van der Waals surface area contributed by atoms with Gasteiger partial charge in [0.2, 0.25) is 0 Å². The van der Waals surface area contributed by atoms with Crippen molar-refractivity contribution in [3.8, 4) is 0 Å². The number of nitrogens with zero attached hydrogens (tertiary/aromatic N) is 3. The summed E-state index contributed by atoms with van der Waals surface area (Å²) in [6.45, 7) is 2.25. The molecule has 1 unspecified atom stereocenters. The molecule has 0 radical (unpaired) electrons. The molecule has 0 saturated carbocycles. The van der Waals surface area contributed by atoms with E-state index in [-0.39, 0.29) is 5.02 Å². The van der Waals surface area contributed by atoms with Crippen LogP contribution in [0.25, 0.3) is 0 Å². The second kappa shape index (κ2) is 5.46. The standard InChI is InChI=1S/C12H13ClFN3O/c1-2-12(18)11-7-17(16-15-11)6-8-3-4-9(13)10(14)5-8/h3-5,7,12,18H,2,6H2,1H3. The van der Waals surface area contributed by atoms with Gasteiger partial charge in [-0.1, -0.05) is 29.8 Å². The van der Waals surface area contributed by atoms with Crippen LogP contribution < -0.4 is 0 Å². The molecule has 1 aromatic heterocycles. The molecule has 1 atom stereocenters. The highest BCUT2D eigenvalue weighted by Gasteiger charge is 2.10. The Morgan fingerprint density at radius 2 is 2.28 bits per heavy atom. The molecule has 2 rings (SSSR count). The van der Waals surface area contributed by atoms with Gasteiger partial charge in [-0.25, -0.2) is 9.07 Å². The first-order chi connectivity index (χ1) is 8.60. The first-order valence-corrected chi connectivity index (χ1v) is 6.00. The first kappa shape index (κ1) is 13.0. The summed E-state index contributed by atoms with van der Waals surface area (Å²) in [5.74, 6) is -0.455. The van der Waals surface area contributed by atoms with Gasteiger partial charge in [0, 0.05) is 0 Å². The van der Waals surface area contributed by atoms with Gasteiger partial charge >= 0.3 is 0 Å². The van der Waals surface area contributed by atoms with E-state index in [0.717, 1.165) is 5.56 Å². The molecule has 1 heterocycles. The summed E-state index contributed by atoms with van der Waals surface area (Å²) in [7, 11) is 0. The lowest BCUT2D eigenvalue weighted by Crippen LogP contribution is -2.01. The minimum absolute atomic E-state index is 0.0967. The SMILES string of the molecule is CCC(O)c1cn(Cc2ccc(Cl)c(F)c2)nn1. The second-order valence-electron chi connectivity index (χ2n) is 4.01. The van der Waals surface area contributed by atoms with E-state index in [9.17, 15) is 9.50 Å². The van der Waals surface area contributed by atoms with Crippen LogP contribution in [-0.4, -0.2) is 20.1 Å². The Bertz CT molecular complexity index is 544. The lowest BCUT2D eigenvalue weighted by Gasteiger charge is -2.03. The minimum atomic E-state index is -0.610. The molecule has 0 spiro atoms. The molecule has 0 aliphatic rings. The van der Waals surface area contributed by atoms with Crippen LogP contribution in [0.3, 0.4) is 0 Å². The predicted molar refractivity (Wildman–Crippen MR) is 65.8 cm³/mol. The average molecular weight is 270 g/mol. The molecule has 6 heteroatoms. The summed E-state index contributed by atoms with van der Waals surface area (Å²) < 4.78 is 14.8. The van der Waals surface area contributed by atoms with Crippen LogP contribution in [0, 0.1) is 5.82 Å². The van der Waals surface area contributed by atoms with E-state index in [0.29, 0.717) is 18.7 Å². The molecule has 0 fully saturated rings. The van der Waals surface area contributed by atoms with Crippen molar-refractivity contribution in [2.24, 2.45) is 0 Å². The monoisotopic (exact) mass is 269 g/mol. The third kappa shape index (κ3) is 2.86. The van der Waals surface area contributed by atoms with Crippen LogP contribution in [0.2, 0.25) is 5.02 Å². The van der Waals surface area contributed by atoms with Crippen LogP contribution in [0.5, 0.6) is 0 Å². The largest absolute Gasteiger partial charge is 0.387 e. The molecular weight excluding hydrogens is 257 g/mol. The number of aliphatic hydroxyl groups is 1. The maximum atomic E-state index is 13.3. The van der Waals surface area contributed by atoms with Gasteiger partial charge in [0.25, 0.3) is 0 Å². The molecule has 1 N–H and O–H groups in total. The fourth-order valence-corrected chi connectivity index (χ4v) is 1.70. The summed E-state index contributed by atoms with van der Waals surface area (Å²) in [5.41, 5.74) is 1.26. The van der Waals surface area contributed by atoms with Gasteiger partial charge in [-0.2, -0.15) is 0 Å². The van der Waals surface area contributed by atoms with Gasteiger partial charge < -0.3 is 5.11 Å². The van der Waals surface area contributed by atoms with Gasteiger partial charge in [-0.3, -0.25) is 0 Å². The third-order valence-electron chi connectivity index (χ3n) is 2.61. The van der Waals surface area contributed by atoms with Crippen molar-refractivity contribution >= 4 is 11.6 Å². The Labute approximate surface area is 109 Å². The maximum Gasteiger partial charge on any atom is 0.142 e. The molecule has 0 saturated heterocycles. The van der Waals surface area contributed by atoms with E-state index in [1.165, 1.54) is 12.1 Å². The summed E-state index contributed by atoms with van der Waals surface area (Å²) in [4.78, 5) is 0. The van der Waals surface area contributed by atoms with Crippen molar-refractivity contribution in [2.75, 3.05) is 0 Å². The van der Waals surface area contributed by atoms with Crippen LogP contribution in [0.1, 0.15) is 30.7 Å². The zero-order valence-electron chi connectivity index (χ0n) is 9.85. The van der Waals surface area contributed by atoms with Crippen LogP contribution in [0.4, 0.5) is 4.39 Å². The Hall–Kier alpha value is -1.46. The second-order valence-corrected chi connectivity index (χ2v) is 4.42. The van der Waals surface area contributed by atoms with E-state index >= 15 is 0 Å². The molecule has 1 aromatic carbocycles. The fraction of sp³-hybridized carbons (Fsp3) is 0.333. The van der Waals surface area contributed by atoms with E-state index < -0.39 is 11.9 Å². The number of aromatic nitrogens is 3. The highest BCUT2D eigenvalue weighted by molar-refractivity contribution is 6.30. The van der Waals surface area contributed by atoms with Gasteiger partial charge in [0.15, 0.2) is 0 Å². The summed E-state index contributed by atoms with van der Waals surface area (Å²) in [5, 5.41) is 17.4. The molecule has 2 aromatic rings. The van der Waals surface area contributed by atoms with Crippen molar-refractivity contribution < 1.29 is 9.50 Å². The molecule has 4 nitrogen and oxygen atoms in total. The molecule has 0 bridgehead atoms. The summed E-state index contributed by atoms with van der Waals surface area (Å²) in [6.07, 6.45) is 1.62. The van der Waals surface area contributed by atoms with E-state index in [2.05, 4.69) is 10.3 Å². The summed E-state index contributed by atoms with van der Waals surface area (Å²) in [6, 6.07) is 4.59. The highest BCUT2D eigenvalue weighted by atomic mass is 35.5. The Morgan fingerprint density at radius 3 is 2.94 bits per heavy atom. The molecule has 96 valence electrons. The number of rotatable bonds is 4. The zero-order chi connectivity index (χ0) is 13.1. The van der Waals surface area contributed by atoms with Crippen LogP contribution in [0.15, 0.2) is 24.4 Å². The van der Waals surface area contributed by atoms with E-state index in [1.807, 2.05) is 6.92 Å². The quantitative estimate of drug-likeness (QED) is 0.928. The average Bonchev–Trinajstić information content (AvgIpc) is 2.81. The van der Waals surface area contributed by atoms with Crippen molar-refractivity contribution in [3.63, 3.8) is 0 Å². The topological polar surface area (TPSA) is 50.9 Å². The molecule has 0 aliphatic heterocycles. The van der Waals surface area contributed by atoms with E-state index in [4.69, 9.17) is 11.6 Å². The Kier molecular flexibility index (Phi) is 3.93. The first-order valence-electron chi connectivity index (χ1n) is 5.62. The lowest BCUT2D eigenvalue weighted by atomic mass is 10.2. The smallest absolute Gasteiger partial charge is 0.142 e. The molecule has 18 heavy (non-hydrogen) atoms. The predicted octanol–water partition coefficient (Wildman–Crippen LogP) is 2.56. The van der Waals surface area contributed by atoms with Gasteiger partial charge in [0.05, 0.1) is 23.9 Å². The number of hydrogen-bond acceptors (Lipinski definition) is 3. The Balaban J connectivity index is 2.13. The lowest BCUT2D eigenvalue weighted by molar-refractivity contribution is 0.168. The van der Waals surface area contributed by atoms with Crippen molar-refractivity contribution in [1.29, 1.82) is 0 Å². The van der Waals surface area contributed by atoms with Crippen LogP contribution >= 0.6 is 11.6 Å². The highest BCUT2D eigenvalue weighted by Crippen LogP contribution is 2.17. The normalized spacial score (nSPS) is 12.7. The van der Waals surface area contributed by atoms with E-state index in [1.54, 1.807) is 16.9 Å². The van der Waals surface area contributed by atoms with Gasteiger partial charge in [0.1, 0.15) is 11.5 Å². The zero-order valence-corrected chi connectivity index (χ0v) is 10.6. The molecule has 0 amide bonds. The van der Waals surface area contributed by atoms with Crippen molar-refractivity contribution in [3.05, 3.63) is 46.5 Å². The third-order valence-corrected chi connectivity index (χ3v) is 2.92. The molecular formula is C12H13ClFN3O. The number of halogens is 2. The number of benzene rings is 1. The fourth-order valence-electron chi connectivity index (χ4n) is 1.58. The Morgan fingerprint density at radius 1 is 1.50 bits per heavy atom. The van der Waals surface area contributed by atoms with Gasteiger partial charge in [-0.05, 0) is 24.1 Å². The number of hydrogen-bond donors (Lipinski definition) is 1. The summed E-state index contributed by atoms with van der Waals surface area (Å²) >= 11 is 5.61.